The van der Waals surface area contributed by atoms with E-state index in [4.69, 9.17) is 9.47 Å². The van der Waals surface area contributed by atoms with Crippen LogP contribution in [0.4, 0.5) is 0 Å². The third kappa shape index (κ3) is 3.62. The molecule has 0 radical (unpaired) electrons. The Morgan fingerprint density at radius 2 is 1.78 bits per heavy atom. The van der Waals surface area contributed by atoms with Gasteiger partial charge in [0.2, 0.25) is 0 Å². The Bertz CT molecular complexity index is 1080. The highest BCUT2D eigenvalue weighted by atomic mass is 16.5. The van der Waals surface area contributed by atoms with Gasteiger partial charge in [-0.05, 0) is 37.3 Å². The number of carbonyl (C=O) groups is 2. The lowest BCUT2D eigenvalue weighted by Crippen LogP contribution is -2.26. The minimum atomic E-state index is -0.552. The molecule has 1 aromatic heterocycles. The number of fused-ring (bicyclic) bond motifs is 1. The van der Waals surface area contributed by atoms with Crippen molar-refractivity contribution in [3.05, 3.63) is 64.1 Å². The quantitative estimate of drug-likeness (QED) is 0.493. The van der Waals surface area contributed by atoms with E-state index in [1.807, 2.05) is 18.2 Å². The van der Waals surface area contributed by atoms with Crippen molar-refractivity contribution in [1.29, 1.82) is 0 Å². The molecule has 0 aliphatic rings. The maximum atomic E-state index is 12.4. The number of hydrogen-bond acceptors (Lipinski definition) is 5. The van der Waals surface area contributed by atoms with Crippen LogP contribution < -0.4 is 10.4 Å². The average Bonchev–Trinajstić information content (AvgIpc) is 2.91. The number of para-hydroxylation sites is 2. The van der Waals surface area contributed by atoms with E-state index < -0.39 is 5.97 Å². The van der Waals surface area contributed by atoms with Gasteiger partial charge in [0.25, 0.3) is 0 Å². The van der Waals surface area contributed by atoms with Gasteiger partial charge in [-0.3, -0.25) is 18.7 Å². The largest absolute Gasteiger partial charge is 0.496 e. The number of ether oxygens (including phenoxy) is 2. The number of rotatable bonds is 6. The van der Waals surface area contributed by atoms with E-state index in [9.17, 15) is 14.4 Å². The summed E-state index contributed by atoms with van der Waals surface area (Å²) in [5.74, 6) is -0.119. The smallest absolute Gasteiger partial charge is 0.329 e. The molecule has 7 nitrogen and oxygen atoms in total. The number of Topliss-reactive ketones (excluding diaryl/α,β-unsaturated/α-hetero) is 1. The molecule has 0 saturated carbocycles. The van der Waals surface area contributed by atoms with Crippen LogP contribution in [0.15, 0.2) is 47.3 Å². The lowest BCUT2D eigenvalue weighted by atomic mass is 10.1. The molecule has 0 N–H and O–H groups in total. The molecule has 1 heterocycles. The van der Waals surface area contributed by atoms with Crippen LogP contribution >= 0.6 is 0 Å². The lowest BCUT2D eigenvalue weighted by Gasteiger charge is -2.11. The van der Waals surface area contributed by atoms with E-state index in [1.165, 1.54) is 23.2 Å². The predicted molar refractivity (Wildman–Crippen MR) is 100.0 cm³/mol. The first-order valence-electron chi connectivity index (χ1n) is 8.40. The monoisotopic (exact) mass is 368 g/mol. The van der Waals surface area contributed by atoms with Gasteiger partial charge >= 0.3 is 11.7 Å². The fraction of sp³-hybridized carbons (Fsp3) is 0.250. The van der Waals surface area contributed by atoms with Gasteiger partial charge in [-0.2, -0.15) is 0 Å². The summed E-state index contributed by atoms with van der Waals surface area (Å²) in [6, 6.07) is 12.2. The normalized spacial score (nSPS) is 10.8. The van der Waals surface area contributed by atoms with Crippen molar-refractivity contribution >= 4 is 22.8 Å². The molecule has 3 aromatic rings. The van der Waals surface area contributed by atoms with Gasteiger partial charge in [-0.15, -0.1) is 0 Å². The first-order valence-corrected chi connectivity index (χ1v) is 8.40. The van der Waals surface area contributed by atoms with Crippen molar-refractivity contribution in [1.82, 2.24) is 9.13 Å². The van der Waals surface area contributed by atoms with Crippen molar-refractivity contribution in [2.45, 2.75) is 20.1 Å². The topological polar surface area (TPSA) is 79.5 Å². The number of aromatic nitrogens is 2. The number of aryl methyl sites for hydroxylation is 1. The Labute approximate surface area is 155 Å². The number of benzene rings is 2. The maximum absolute atomic E-state index is 12.4. The van der Waals surface area contributed by atoms with Crippen LogP contribution in [0.3, 0.4) is 0 Å². The SMILES string of the molecule is COc1ccc(C(C)=O)cc1COC(=O)Cn1c(=O)n(C)c2ccccc21. The van der Waals surface area contributed by atoms with Crippen LogP contribution in [-0.4, -0.2) is 28.0 Å². The van der Waals surface area contributed by atoms with E-state index in [0.29, 0.717) is 22.4 Å². The van der Waals surface area contributed by atoms with Crippen molar-refractivity contribution in [2.24, 2.45) is 7.05 Å². The van der Waals surface area contributed by atoms with Crippen molar-refractivity contribution in [3.8, 4) is 5.75 Å². The number of ketones is 1. The van der Waals surface area contributed by atoms with Gasteiger partial charge in [0.05, 0.1) is 18.1 Å². The second-order valence-corrected chi connectivity index (χ2v) is 6.16. The number of methoxy groups -OCH3 is 1. The summed E-state index contributed by atoms with van der Waals surface area (Å²) < 4.78 is 13.4. The van der Waals surface area contributed by atoms with Crippen molar-refractivity contribution in [2.75, 3.05) is 7.11 Å². The average molecular weight is 368 g/mol. The molecule has 0 bridgehead atoms. The Balaban J connectivity index is 1.78. The van der Waals surface area contributed by atoms with Crippen molar-refractivity contribution < 1.29 is 19.1 Å². The minimum Gasteiger partial charge on any atom is -0.496 e. The highest BCUT2D eigenvalue weighted by molar-refractivity contribution is 5.94. The van der Waals surface area contributed by atoms with Crippen LogP contribution in [-0.2, 0) is 29.7 Å². The molecule has 7 heteroatoms. The molecule has 0 fully saturated rings. The molecule has 0 atom stereocenters. The standard InChI is InChI=1S/C20H20N2O5/c1-13(23)14-8-9-18(26-3)15(10-14)12-27-19(24)11-22-17-7-5-4-6-16(17)21(2)20(22)25/h4-10H,11-12H2,1-3H3. The summed E-state index contributed by atoms with van der Waals surface area (Å²) in [6.07, 6.45) is 0. The molecule has 0 aliphatic carbocycles. The molecule has 27 heavy (non-hydrogen) atoms. The molecule has 3 rings (SSSR count). The van der Waals surface area contributed by atoms with Gasteiger partial charge < -0.3 is 9.47 Å². The molecule has 0 amide bonds. The summed E-state index contributed by atoms with van der Waals surface area (Å²) >= 11 is 0. The fourth-order valence-electron chi connectivity index (χ4n) is 2.96. The van der Waals surface area contributed by atoms with E-state index in [-0.39, 0.29) is 24.6 Å². The van der Waals surface area contributed by atoms with E-state index in [0.717, 1.165) is 5.52 Å². The second kappa shape index (κ2) is 7.49. The zero-order valence-electron chi connectivity index (χ0n) is 15.4. The molecule has 0 spiro atoms. The minimum absolute atomic E-state index is 0.0529. The third-order valence-electron chi connectivity index (χ3n) is 4.41. The van der Waals surface area contributed by atoms with Crippen LogP contribution in [0.5, 0.6) is 5.75 Å². The Morgan fingerprint density at radius 3 is 2.44 bits per heavy atom. The highest BCUT2D eigenvalue weighted by Gasteiger charge is 2.15. The fourth-order valence-corrected chi connectivity index (χ4v) is 2.96. The molecule has 140 valence electrons. The zero-order valence-corrected chi connectivity index (χ0v) is 15.4. The number of nitrogens with zero attached hydrogens (tertiary/aromatic N) is 2. The molecule has 0 saturated heterocycles. The van der Waals surface area contributed by atoms with Gasteiger partial charge in [0.1, 0.15) is 18.9 Å². The van der Waals surface area contributed by atoms with E-state index in [2.05, 4.69) is 0 Å². The summed E-state index contributed by atoms with van der Waals surface area (Å²) in [5, 5.41) is 0. The Kier molecular flexibility index (Phi) is 5.12. The van der Waals surface area contributed by atoms with E-state index in [1.54, 1.807) is 31.3 Å². The van der Waals surface area contributed by atoms with Crippen LogP contribution in [0.25, 0.3) is 11.0 Å². The van der Waals surface area contributed by atoms with E-state index >= 15 is 0 Å². The second-order valence-electron chi connectivity index (χ2n) is 6.16. The first kappa shape index (κ1) is 18.4. The van der Waals surface area contributed by atoms with Gasteiger partial charge in [-0.25, -0.2) is 4.79 Å². The lowest BCUT2D eigenvalue weighted by molar-refractivity contribution is -0.145. The molecular formula is C20H20N2O5. The van der Waals surface area contributed by atoms with Crippen LogP contribution in [0.2, 0.25) is 0 Å². The maximum Gasteiger partial charge on any atom is 0.329 e. The highest BCUT2D eigenvalue weighted by Crippen LogP contribution is 2.21. The molecular weight excluding hydrogens is 348 g/mol. The molecule has 0 aliphatic heterocycles. The first-order chi connectivity index (χ1) is 12.9. The number of esters is 1. The summed E-state index contributed by atoms with van der Waals surface area (Å²) in [5.41, 5.74) is 2.21. The number of imidazole rings is 1. The number of carbonyl (C=O) groups excluding carboxylic acids is 2. The third-order valence-corrected chi connectivity index (χ3v) is 4.41. The Hall–Kier alpha value is -3.35. The summed E-state index contributed by atoms with van der Waals surface area (Å²) in [7, 11) is 3.16. The van der Waals surface area contributed by atoms with Crippen LogP contribution in [0.1, 0.15) is 22.8 Å². The predicted octanol–water partition coefficient (Wildman–Crippen LogP) is 2.29. The summed E-state index contributed by atoms with van der Waals surface area (Å²) in [6.45, 7) is 1.21. The van der Waals surface area contributed by atoms with Gasteiger partial charge in [0, 0.05) is 18.2 Å². The van der Waals surface area contributed by atoms with Crippen LogP contribution in [0, 0.1) is 0 Å². The molecule has 2 aromatic carbocycles. The van der Waals surface area contributed by atoms with Gasteiger partial charge in [-0.1, -0.05) is 12.1 Å². The van der Waals surface area contributed by atoms with Crippen molar-refractivity contribution in [3.63, 3.8) is 0 Å². The van der Waals surface area contributed by atoms with Gasteiger partial charge in [0.15, 0.2) is 5.78 Å². The number of hydrogen-bond donors (Lipinski definition) is 0. The summed E-state index contributed by atoms with van der Waals surface area (Å²) in [4.78, 5) is 36.2. The zero-order chi connectivity index (χ0) is 19.6. The molecule has 0 unspecified atom stereocenters. The Morgan fingerprint density at radius 1 is 1.07 bits per heavy atom.